The topological polar surface area (TPSA) is 69.6 Å². The maximum absolute atomic E-state index is 11.1. The predicted molar refractivity (Wildman–Crippen MR) is 53.0 cm³/mol. The highest BCUT2D eigenvalue weighted by Crippen LogP contribution is 1.92. The minimum atomic E-state index is -0.871. The lowest BCUT2D eigenvalue weighted by molar-refractivity contribution is -0.138. The van der Waals surface area contributed by atoms with E-state index in [1.165, 1.54) is 4.90 Å². The highest BCUT2D eigenvalue weighted by Gasteiger charge is 2.09. The van der Waals surface area contributed by atoms with Gasteiger partial charge in [0, 0.05) is 20.5 Å². The first-order valence-electron chi connectivity index (χ1n) is 4.61. The normalized spacial score (nSPS) is 12.2. The Bertz CT molecular complexity index is 204. The molecular formula is C9H18N2O3. The molecule has 2 N–H and O–H groups in total. The van der Waals surface area contributed by atoms with E-state index in [1.807, 2.05) is 0 Å². The zero-order valence-corrected chi connectivity index (χ0v) is 8.91. The van der Waals surface area contributed by atoms with Gasteiger partial charge in [0.25, 0.3) is 0 Å². The number of carbonyl (C=O) groups is 2. The van der Waals surface area contributed by atoms with Crippen LogP contribution in [0.2, 0.25) is 0 Å². The highest BCUT2D eigenvalue weighted by atomic mass is 16.4. The molecule has 0 unspecified atom stereocenters. The van der Waals surface area contributed by atoms with Gasteiger partial charge in [0.2, 0.25) is 5.91 Å². The first-order chi connectivity index (χ1) is 6.45. The van der Waals surface area contributed by atoms with Crippen LogP contribution in [0.5, 0.6) is 0 Å². The smallest absolute Gasteiger partial charge is 0.320 e. The molecule has 0 aromatic heterocycles. The molecular weight excluding hydrogens is 184 g/mol. The van der Waals surface area contributed by atoms with Crippen LogP contribution in [0.25, 0.3) is 0 Å². The number of hydrogen-bond donors (Lipinski definition) is 2. The Hall–Kier alpha value is -1.10. The molecule has 0 radical (unpaired) electrons. The van der Waals surface area contributed by atoms with E-state index >= 15 is 0 Å². The molecule has 0 aliphatic heterocycles. The van der Waals surface area contributed by atoms with Crippen molar-refractivity contribution in [2.24, 2.45) is 0 Å². The van der Waals surface area contributed by atoms with Gasteiger partial charge >= 0.3 is 5.97 Å². The van der Waals surface area contributed by atoms with Gasteiger partial charge in [-0.05, 0) is 19.9 Å². The molecule has 5 nitrogen and oxygen atoms in total. The van der Waals surface area contributed by atoms with Crippen LogP contribution in [-0.4, -0.2) is 48.6 Å². The zero-order valence-electron chi connectivity index (χ0n) is 8.91. The Balaban J connectivity index is 3.47. The molecule has 0 aliphatic rings. The molecule has 0 saturated heterocycles. The van der Waals surface area contributed by atoms with E-state index in [0.29, 0.717) is 19.4 Å². The summed E-state index contributed by atoms with van der Waals surface area (Å²) in [5.41, 5.74) is 0. The van der Waals surface area contributed by atoms with E-state index in [0.717, 1.165) is 0 Å². The molecule has 0 aromatic rings. The average molecular weight is 202 g/mol. The van der Waals surface area contributed by atoms with E-state index in [9.17, 15) is 9.59 Å². The minimum Gasteiger partial charge on any atom is -0.480 e. The molecule has 0 spiro atoms. The van der Waals surface area contributed by atoms with E-state index in [4.69, 9.17) is 5.11 Å². The predicted octanol–water partition coefficient (Wildman–Crippen LogP) is -0.0825. The Labute approximate surface area is 84.1 Å². The van der Waals surface area contributed by atoms with Crippen LogP contribution in [0.3, 0.4) is 0 Å². The summed E-state index contributed by atoms with van der Waals surface area (Å²) in [5.74, 6) is -0.807. The molecule has 0 bridgehead atoms. The third-order valence-corrected chi connectivity index (χ3v) is 1.89. The van der Waals surface area contributed by atoms with Gasteiger partial charge in [-0.2, -0.15) is 0 Å². The van der Waals surface area contributed by atoms with Crippen molar-refractivity contribution in [1.29, 1.82) is 0 Å². The summed E-state index contributed by atoms with van der Waals surface area (Å²) >= 11 is 0. The highest BCUT2D eigenvalue weighted by molar-refractivity contribution is 5.75. The van der Waals surface area contributed by atoms with Gasteiger partial charge in [-0.15, -0.1) is 0 Å². The average Bonchev–Trinajstić information content (AvgIpc) is 2.11. The number of amides is 1. The van der Waals surface area contributed by atoms with Gasteiger partial charge in [-0.25, -0.2) is 0 Å². The van der Waals surface area contributed by atoms with Gasteiger partial charge in [-0.1, -0.05) is 0 Å². The lowest BCUT2D eigenvalue weighted by atomic mass is 10.2. The summed E-state index contributed by atoms with van der Waals surface area (Å²) in [6.07, 6.45) is 1.11. The van der Waals surface area contributed by atoms with Crippen molar-refractivity contribution in [3.8, 4) is 0 Å². The zero-order chi connectivity index (χ0) is 11.1. The Morgan fingerprint density at radius 1 is 1.43 bits per heavy atom. The first-order valence-corrected chi connectivity index (χ1v) is 4.61. The van der Waals surface area contributed by atoms with Crippen LogP contribution in [0.15, 0.2) is 0 Å². The molecule has 1 amide bonds. The fraction of sp³-hybridized carbons (Fsp3) is 0.778. The van der Waals surface area contributed by atoms with Crippen molar-refractivity contribution < 1.29 is 14.7 Å². The third-order valence-electron chi connectivity index (χ3n) is 1.89. The second-order valence-corrected chi connectivity index (χ2v) is 3.41. The largest absolute Gasteiger partial charge is 0.480 e. The van der Waals surface area contributed by atoms with E-state index in [-0.39, 0.29) is 5.91 Å². The quantitative estimate of drug-likeness (QED) is 0.591. The van der Waals surface area contributed by atoms with Crippen LogP contribution in [0.1, 0.15) is 19.8 Å². The molecule has 0 heterocycles. The summed E-state index contributed by atoms with van der Waals surface area (Å²) in [6, 6.07) is -0.551. The monoisotopic (exact) mass is 202 g/mol. The minimum absolute atomic E-state index is 0.0646. The molecule has 0 aliphatic carbocycles. The molecule has 14 heavy (non-hydrogen) atoms. The fourth-order valence-electron chi connectivity index (χ4n) is 0.869. The second-order valence-electron chi connectivity index (χ2n) is 3.41. The molecule has 0 fully saturated rings. The van der Waals surface area contributed by atoms with Crippen molar-refractivity contribution in [1.82, 2.24) is 10.2 Å². The van der Waals surface area contributed by atoms with Crippen LogP contribution in [0, 0.1) is 0 Å². The third kappa shape index (κ3) is 5.53. The lowest BCUT2D eigenvalue weighted by Gasteiger charge is -2.11. The standard InChI is InChI=1S/C9H18N2O3/c1-7(9(13)14)10-6-4-5-8(12)11(2)3/h7,10H,4-6H2,1-3H3,(H,13,14)/t7-/m0/s1. The van der Waals surface area contributed by atoms with Crippen molar-refractivity contribution in [2.45, 2.75) is 25.8 Å². The van der Waals surface area contributed by atoms with Gasteiger partial charge in [0.05, 0.1) is 0 Å². The molecule has 0 saturated carbocycles. The summed E-state index contributed by atoms with van der Waals surface area (Å²) in [5, 5.41) is 11.3. The van der Waals surface area contributed by atoms with Crippen LogP contribution >= 0.6 is 0 Å². The number of rotatable bonds is 6. The summed E-state index contributed by atoms with van der Waals surface area (Å²) in [7, 11) is 3.41. The number of nitrogens with zero attached hydrogens (tertiary/aromatic N) is 1. The summed E-state index contributed by atoms with van der Waals surface area (Å²) in [6.45, 7) is 2.13. The molecule has 0 aromatic carbocycles. The molecule has 5 heteroatoms. The van der Waals surface area contributed by atoms with Crippen molar-refractivity contribution in [2.75, 3.05) is 20.6 Å². The number of nitrogens with one attached hydrogen (secondary N) is 1. The van der Waals surface area contributed by atoms with Crippen LogP contribution < -0.4 is 5.32 Å². The van der Waals surface area contributed by atoms with E-state index in [2.05, 4.69) is 5.32 Å². The number of hydrogen-bond acceptors (Lipinski definition) is 3. The second kappa shape index (κ2) is 6.37. The summed E-state index contributed by atoms with van der Waals surface area (Å²) in [4.78, 5) is 23.0. The molecule has 1 atom stereocenters. The number of carboxylic acids is 1. The summed E-state index contributed by atoms with van der Waals surface area (Å²) < 4.78 is 0. The Kier molecular flexibility index (Phi) is 5.87. The first kappa shape index (κ1) is 12.9. The Morgan fingerprint density at radius 2 is 2.00 bits per heavy atom. The van der Waals surface area contributed by atoms with Gasteiger partial charge in [-0.3, -0.25) is 9.59 Å². The van der Waals surface area contributed by atoms with Gasteiger partial charge < -0.3 is 15.3 Å². The van der Waals surface area contributed by atoms with E-state index in [1.54, 1.807) is 21.0 Å². The van der Waals surface area contributed by atoms with Crippen LogP contribution in [-0.2, 0) is 9.59 Å². The number of carbonyl (C=O) groups excluding carboxylic acids is 1. The molecule has 82 valence electrons. The molecule has 0 rings (SSSR count). The van der Waals surface area contributed by atoms with E-state index < -0.39 is 12.0 Å². The van der Waals surface area contributed by atoms with Gasteiger partial charge in [0.15, 0.2) is 0 Å². The maximum Gasteiger partial charge on any atom is 0.320 e. The number of carboxylic acid groups (broad SMARTS) is 1. The number of aliphatic carboxylic acids is 1. The van der Waals surface area contributed by atoms with Crippen molar-refractivity contribution in [3.05, 3.63) is 0 Å². The Morgan fingerprint density at radius 3 is 2.43 bits per heavy atom. The maximum atomic E-state index is 11.1. The lowest BCUT2D eigenvalue weighted by Crippen LogP contribution is -2.34. The van der Waals surface area contributed by atoms with Crippen LogP contribution in [0.4, 0.5) is 0 Å². The van der Waals surface area contributed by atoms with Crippen molar-refractivity contribution >= 4 is 11.9 Å². The van der Waals surface area contributed by atoms with Crippen molar-refractivity contribution in [3.63, 3.8) is 0 Å². The fourth-order valence-corrected chi connectivity index (χ4v) is 0.869. The van der Waals surface area contributed by atoms with Gasteiger partial charge in [0.1, 0.15) is 6.04 Å². The SMILES string of the molecule is C[C@H](NCCCC(=O)N(C)C)C(=O)O.